The fourth-order valence-corrected chi connectivity index (χ4v) is 1.86. The van der Waals surface area contributed by atoms with Crippen LogP contribution in [0.1, 0.15) is 6.92 Å². The van der Waals surface area contributed by atoms with E-state index in [1.165, 1.54) is 0 Å². The molecule has 4 heteroatoms. The van der Waals surface area contributed by atoms with Crippen LogP contribution >= 0.6 is 11.3 Å². The molecule has 1 N–H and O–H groups in total. The second kappa shape index (κ2) is 4.19. The molecule has 0 aliphatic rings. The summed E-state index contributed by atoms with van der Waals surface area (Å²) in [5.41, 5.74) is 0.929. The number of nitrogens with zero attached hydrogens (tertiary/aromatic N) is 2. The van der Waals surface area contributed by atoms with Crippen LogP contribution in [-0.4, -0.2) is 16.5 Å². The van der Waals surface area contributed by atoms with Crippen molar-refractivity contribution < 1.29 is 0 Å². The molecule has 0 amide bonds. The van der Waals surface area contributed by atoms with Gasteiger partial charge in [0, 0.05) is 6.54 Å². The van der Waals surface area contributed by atoms with Crippen LogP contribution in [0.3, 0.4) is 0 Å². The maximum atomic E-state index is 4.44. The zero-order valence-corrected chi connectivity index (χ0v) is 8.71. The number of nitrogens with one attached hydrogen (secondary N) is 1. The molecule has 14 heavy (non-hydrogen) atoms. The van der Waals surface area contributed by atoms with Crippen molar-refractivity contribution in [1.82, 2.24) is 9.97 Å². The highest BCUT2D eigenvalue weighted by Gasteiger charge is 2.01. The number of hydrogen-bond acceptors (Lipinski definition) is 4. The van der Waals surface area contributed by atoms with Gasteiger partial charge in [0.05, 0.1) is 17.3 Å². The average Bonchev–Trinajstić information content (AvgIpc) is 2.71. The zero-order valence-electron chi connectivity index (χ0n) is 7.90. The lowest BCUT2D eigenvalue weighted by Crippen LogP contribution is -2.00. The third-order valence-electron chi connectivity index (χ3n) is 1.77. The Morgan fingerprint density at radius 3 is 3.07 bits per heavy atom. The van der Waals surface area contributed by atoms with Gasteiger partial charge in [0.15, 0.2) is 0 Å². The van der Waals surface area contributed by atoms with Gasteiger partial charge < -0.3 is 5.32 Å². The van der Waals surface area contributed by atoms with Crippen LogP contribution in [0.5, 0.6) is 0 Å². The van der Waals surface area contributed by atoms with E-state index in [1.54, 1.807) is 23.7 Å². The van der Waals surface area contributed by atoms with Crippen LogP contribution < -0.4 is 5.32 Å². The smallest absolute Gasteiger partial charge is 0.145 e. The molecule has 0 spiro atoms. The van der Waals surface area contributed by atoms with Gasteiger partial charge in [-0.3, -0.25) is 4.98 Å². The summed E-state index contributed by atoms with van der Waals surface area (Å²) in [6.45, 7) is 2.90. The highest BCUT2D eigenvalue weighted by Crippen LogP contribution is 2.22. The first kappa shape index (κ1) is 9.15. The molecular formula is C10H11N3S. The Kier molecular flexibility index (Phi) is 2.74. The highest BCUT2D eigenvalue weighted by molar-refractivity contribution is 7.13. The Morgan fingerprint density at radius 2 is 2.36 bits per heavy atom. The Hall–Kier alpha value is -1.42. The molecule has 2 aromatic heterocycles. The predicted octanol–water partition coefficient (Wildman–Crippen LogP) is 2.64. The molecule has 0 saturated heterocycles. The lowest BCUT2D eigenvalue weighted by Gasteiger charge is -2.02. The lowest BCUT2D eigenvalue weighted by molar-refractivity contribution is 1.13. The van der Waals surface area contributed by atoms with Crippen molar-refractivity contribution in [3.63, 3.8) is 0 Å². The molecule has 0 fully saturated rings. The van der Waals surface area contributed by atoms with Crippen LogP contribution in [0, 0.1) is 0 Å². The van der Waals surface area contributed by atoms with Gasteiger partial charge in [-0.2, -0.15) is 0 Å². The molecular weight excluding hydrogens is 194 g/mol. The Balaban J connectivity index is 2.31. The molecule has 0 bridgehead atoms. The van der Waals surface area contributed by atoms with Gasteiger partial charge in [0.25, 0.3) is 0 Å². The van der Waals surface area contributed by atoms with Crippen molar-refractivity contribution >= 4 is 17.2 Å². The van der Waals surface area contributed by atoms with Gasteiger partial charge in [-0.25, -0.2) is 4.98 Å². The SMILES string of the molecule is CCNc1cncc(-c2cccs2)n1. The van der Waals surface area contributed by atoms with Crippen LogP contribution in [0.25, 0.3) is 10.6 Å². The van der Waals surface area contributed by atoms with Crippen LogP contribution in [0.4, 0.5) is 5.82 Å². The summed E-state index contributed by atoms with van der Waals surface area (Å²) in [6, 6.07) is 4.06. The largest absolute Gasteiger partial charge is 0.369 e. The number of hydrogen-bond donors (Lipinski definition) is 1. The fraction of sp³-hybridized carbons (Fsp3) is 0.200. The lowest BCUT2D eigenvalue weighted by atomic mass is 10.3. The molecule has 2 rings (SSSR count). The first-order chi connectivity index (χ1) is 6.90. The number of thiophene rings is 1. The van der Waals surface area contributed by atoms with Crippen molar-refractivity contribution in [2.45, 2.75) is 6.92 Å². The van der Waals surface area contributed by atoms with Gasteiger partial charge in [-0.1, -0.05) is 6.07 Å². The molecule has 3 nitrogen and oxygen atoms in total. The maximum Gasteiger partial charge on any atom is 0.145 e. The minimum Gasteiger partial charge on any atom is -0.369 e. The molecule has 72 valence electrons. The molecule has 2 aromatic rings. The molecule has 0 unspecified atom stereocenters. The first-order valence-electron chi connectivity index (χ1n) is 4.50. The highest BCUT2D eigenvalue weighted by atomic mass is 32.1. The van der Waals surface area contributed by atoms with E-state index < -0.39 is 0 Å². The summed E-state index contributed by atoms with van der Waals surface area (Å²) in [5.74, 6) is 0.832. The van der Waals surface area contributed by atoms with Crippen molar-refractivity contribution in [2.75, 3.05) is 11.9 Å². The van der Waals surface area contributed by atoms with E-state index in [0.717, 1.165) is 22.9 Å². The molecule has 0 saturated carbocycles. The van der Waals surface area contributed by atoms with Gasteiger partial charge in [0.2, 0.25) is 0 Å². The minimum absolute atomic E-state index is 0.832. The normalized spacial score (nSPS) is 10.1. The summed E-state index contributed by atoms with van der Waals surface area (Å²) < 4.78 is 0. The van der Waals surface area contributed by atoms with E-state index in [0.29, 0.717) is 0 Å². The quantitative estimate of drug-likeness (QED) is 0.837. The van der Waals surface area contributed by atoms with E-state index in [1.807, 2.05) is 24.4 Å². The summed E-state index contributed by atoms with van der Waals surface area (Å²) >= 11 is 1.67. The summed E-state index contributed by atoms with van der Waals surface area (Å²) in [4.78, 5) is 9.73. The topological polar surface area (TPSA) is 37.8 Å². The van der Waals surface area contributed by atoms with E-state index in [2.05, 4.69) is 15.3 Å². The van der Waals surface area contributed by atoms with Crippen molar-refractivity contribution in [1.29, 1.82) is 0 Å². The van der Waals surface area contributed by atoms with Crippen molar-refractivity contribution in [2.24, 2.45) is 0 Å². The second-order valence-corrected chi connectivity index (χ2v) is 3.74. The number of anilines is 1. The summed E-state index contributed by atoms with van der Waals surface area (Å²) in [5, 5.41) is 5.18. The molecule has 0 aliphatic heterocycles. The predicted molar refractivity (Wildman–Crippen MR) is 59.5 cm³/mol. The van der Waals surface area contributed by atoms with E-state index in [4.69, 9.17) is 0 Å². The molecule has 0 aromatic carbocycles. The van der Waals surface area contributed by atoms with Crippen molar-refractivity contribution in [3.05, 3.63) is 29.9 Å². The zero-order chi connectivity index (χ0) is 9.80. The van der Waals surface area contributed by atoms with Gasteiger partial charge >= 0.3 is 0 Å². The standard InChI is InChI=1S/C10H11N3S/c1-2-12-10-7-11-6-8(13-10)9-4-3-5-14-9/h3-7H,2H2,1H3,(H,12,13). The van der Waals surface area contributed by atoms with Gasteiger partial charge in [-0.15, -0.1) is 11.3 Å². The minimum atomic E-state index is 0.832. The third kappa shape index (κ3) is 1.90. The van der Waals surface area contributed by atoms with E-state index in [-0.39, 0.29) is 0 Å². The molecule has 2 heterocycles. The summed E-state index contributed by atoms with van der Waals surface area (Å²) in [6.07, 6.45) is 3.52. The van der Waals surface area contributed by atoms with Gasteiger partial charge in [0.1, 0.15) is 11.5 Å². The first-order valence-corrected chi connectivity index (χ1v) is 5.38. The van der Waals surface area contributed by atoms with Gasteiger partial charge in [-0.05, 0) is 18.4 Å². The second-order valence-electron chi connectivity index (χ2n) is 2.80. The number of aromatic nitrogens is 2. The Bertz CT molecular complexity index is 398. The average molecular weight is 205 g/mol. The Morgan fingerprint density at radius 1 is 1.43 bits per heavy atom. The van der Waals surface area contributed by atoms with Crippen LogP contribution in [-0.2, 0) is 0 Å². The van der Waals surface area contributed by atoms with E-state index >= 15 is 0 Å². The molecule has 0 radical (unpaired) electrons. The maximum absolute atomic E-state index is 4.44. The molecule has 0 atom stereocenters. The van der Waals surface area contributed by atoms with E-state index in [9.17, 15) is 0 Å². The number of rotatable bonds is 3. The third-order valence-corrected chi connectivity index (χ3v) is 2.66. The van der Waals surface area contributed by atoms with Crippen LogP contribution in [0.15, 0.2) is 29.9 Å². The monoisotopic (exact) mass is 205 g/mol. The summed E-state index contributed by atoms with van der Waals surface area (Å²) in [7, 11) is 0. The fourth-order valence-electron chi connectivity index (χ4n) is 1.18. The van der Waals surface area contributed by atoms with Crippen LogP contribution in [0.2, 0.25) is 0 Å². The van der Waals surface area contributed by atoms with Crippen molar-refractivity contribution in [3.8, 4) is 10.6 Å². The Labute approximate surface area is 86.8 Å². The molecule has 0 aliphatic carbocycles.